The first-order chi connectivity index (χ1) is 11.3. The number of nitrogens with one attached hydrogen (secondary N) is 1. The van der Waals surface area contributed by atoms with Gasteiger partial charge in [0.05, 0.1) is 0 Å². The molecule has 2 heterocycles. The third-order valence-corrected chi connectivity index (χ3v) is 5.68. The van der Waals surface area contributed by atoms with Crippen molar-refractivity contribution in [2.24, 2.45) is 5.92 Å². The van der Waals surface area contributed by atoms with Crippen molar-refractivity contribution in [2.75, 3.05) is 13.1 Å². The molecule has 1 unspecified atom stereocenters. The molecule has 4 rings (SSSR count). The second kappa shape index (κ2) is 6.38. The van der Waals surface area contributed by atoms with Crippen LogP contribution in [-0.2, 0) is 4.79 Å². The van der Waals surface area contributed by atoms with Crippen LogP contribution in [0.2, 0.25) is 0 Å². The van der Waals surface area contributed by atoms with Gasteiger partial charge in [-0.3, -0.25) is 4.79 Å². The number of carbonyl (C=O) groups is 1. The van der Waals surface area contributed by atoms with Crippen molar-refractivity contribution in [3.8, 4) is 0 Å². The Morgan fingerprint density at radius 1 is 1.04 bits per heavy atom. The highest BCUT2D eigenvalue weighted by Crippen LogP contribution is 2.31. The summed E-state index contributed by atoms with van der Waals surface area (Å²) < 4.78 is 0. The van der Waals surface area contributed by atoms with Gasteiger partial charge in [0.25, 0.3) is 0 Å². The van der Waals surface area contributed by atoms with Crippen molar-refractivity contribution in [1.82, 2.24) is 9.88 Å². The molecule has 1 amide bonds. The number of hydrogen-bond donors (Lipinski definition) is 1. The summed E-state index contributed by atoms with van der Waals surface area (Å²) in [7, 11) is 0. The molecule has 0 bridgehead atoms. The number of para-hydroxylation sites is 1. The minimum atomic E-state index is 0.296. The van der Waals surface area contributed by atoms with Crippen LogP contribution in [0.15, 0.2) is 30.3 Å². The topological polar surface area (TPSA) is 36.1 Å². The van der Waals surface area contributed by atoms with Gasteiger partial charge in [0.2, 0.25) is 5.91 Å². The van der Waals surface area contributed by atoms with E-state index < -0.39 is 0 Å². The van der Waals surface area contributed by atoms with Crippen LogP contribution < -0.4 is 0 Å². The first-order valence-electron chi connectivity index (χ1n) is 9.18. The Bertz CT molecular complexity index is 651. The molecule has 2 aliphatic rings. The number of aromatic amines is 1. The molecule has 0 radical (unpaired) electrons. The van der Waals surface area contributed by atoms with E-state index in [1.165, 1.54) is 42.3 Å². The highest BCUT2D eigenvalue weighted by molar-refractivity contribution is 5.81. The molecule has 122 valence electrons. The molecule has 1 atom stereocenters. The van der Waals surface area contributed by atoms with Crippen molar-refractivity contribution in [2.45, 2.75) is 50.9 Å². The lowest BCUT2D eigenvalue weighted by Crippen LogP contribution is -2.42. The van der Waals surface area contributed by atoms with Crippen molar-refractivity contribution >= 4 is 16.8 Å². The van der Waals surface area contributed by atoms with Crippen LogP contribution in [-0.4, -0.2) is 28.9 Å². The van der Waals surface area contributed by atoms with E-state index in [1.54, 1.807) is 0 Å². The summed E-state index contributed by atoms with van der Waals surface area (Å²) in [6, 6.07) is 10.7. The van der Waals surface area contributed by atoms with Gasteiger partial charge in [0.15, 0.2) is 0 Å². The highest BCUT2D eigenvalue weighted by Gasteiger charge is 2.30. The van der Waals surface area contributed by atoms with E-state index in [0.29, 0.717) is 17.7 Å². The van der Waals surface area contributed by atoms with Gasteiger partial charge in [-0.1, -0.05) is 37.5 Å². The van der Waals surface area contributed by atoms with Gasteiger partial charge in [-0.05, 0) is 43.2 Å². The van der Waals surface area contributed by atoms with Crippen LogP contribution in [0.4, 0.5) is 0 Å². The standard InChI is InChI=1S/C20H26N2O/c23-20(15-7-2-1-3-8-15)22-12-6-10-17(14-22)19-13-16-9-4-5-11-18(16)21-19/h4-5,9,11,13,15,17,21H,1-3,6-8,10,12,14H2. The lowest BCUT2D eigenvalue weighted by molar-refractivity contribution is -0.137. The van der Waals surface area contributed by atoms with Crippen LogP contribution in [0, 0.1) is 5.92 Å². The number of amides is 1. The second-order valence-corrected chi connectivity index (χ2v) is 7.27. The summed E-state index contributed by atoms with van der Waals surface area (Å²) in [5.41, 5.74) is 2.51. The van der Waals surface area contributed by atoms with Crippen LogP contribution in [0.25, 0.3) is 10.9 Å². The Labute approximate surface area is 138 Å². The monoisotopic (exact) mass is 310 g/mol. The van der Waals surface area contributed by atoms with Crippen molar-refractivity contribution < 1.29 is 4.79 Å². The third-order valence-electron chi connectivity index (χ3n) is 5.68. The lowest BCUT2D eigenvalue weighted by Gasteiger charge is -2.35. The summed E-state index contributed by atoms with van der Waals surface area (Å²) in [5.74, 6) is 1.18. The zero-order chi connectivity index (χ0) is 15.6. The molecular formula is C20H26N2O. The van der Waals surface area contributed by atoms with E-state index in [-0.39, 0.29) is 0 Å². The number of carbonyl (C=O) groups excluding carboxylic acids is 1. The molecule has 3 heteroatoms. The summed E-state index contributed by atoms with van der Waals surface area (Å²) in [6.07, 6.45) is 8.28. The average Bonchev–Trinajstić information content (AvgIpc) is 3.06. The quantitative estimate of drug-likeness (QED) is 0.873. The van der Waals surface area contributed by atoms with E-state index in [0.717, 1.165) is 32.4 Å². The maximum atomic E-state index is 12.8. The Hall–Kier alpha value is -1.77. The number of fused-ring (bicyclic) bond motifs is 1. The van der Waals surface area contributed by atoms with Gasteiger partial charge in [-0.2, -0.15) is 0 Å². The maximum Gasteiger partial charge on any atom is 0.225 e. The molecule has 23 heavy (non-hydrogen) atoms. The number of rotatable bonds is 2. The number of piperidine rings is 1. The second-order valence-electron chi connectivity index (χ2n) is 7.27. The molecule has 1 aliphatic carbocycles. The lowest BCUT2D eigenvalue weighted by atomic mass is 9.87. The number of hydrogen-bond acceptors (Lipinski definition) is 1. The molecule has 1 aromatic carbocycles. The molecular weight excluding hydrogens is 284 g/mol. The van der Waals surface area contributed by atoms with Crippen molar-refractivity contribution in [3.63, 3.8) is 0 Å². The summed E-state index contributed by atoms with van der Waals surface area (Å²) >= 11 is 0. The molecule has 2 fully saturated rings. The fourth-order valence-electron chi connectivity index (χ4n) is 4.35. The SMILES string of the molecule is O=C(C1CCCCC1)N1CCCC(c2cc3ccccc3[nH]2)C1. The fourth-order valence-corrected chi connectivity index (χ4v) is 4.35. The zero-order valence-corrected chi connectivity index (χ0v) is 13.8. The molecule has 1 saturated carbocycles. The number of H-pyrrole nitrogens is 1. The van der Waals surface area contributed by atoms with Crippen LogP contribution in [0.1, 0.15) is 56.6 Å². The van der Waals surface area contributed by atoms with E-state index in [2.05, 4.69) is 40.2 Å². The smallest absolute Gasteiger partial charge is 0.225 e. The molecule has 2 aromatic rings. The van der Waals surface area contributed by atoms with E-state index >= 15 is 0 Å². The van der Waals surface area contributed by atoms with Gasteiger partial charge in [-0.15, -0.1) is 0 Å². The molecule has 1 aromatic heterocycles. The molecule has 0 spiro atoms. The molecule has 1 aliphatic heterocycles. The number of nitrogens with zero attached hydrogens (tertiary/aromatic N) is 1. The number of aromatic nitrogens is 1. The average molecular weight is 310 g/mol. The van der Waals surface area contributed by atoms with Crippen LogP contribution in [0.3, 0.4) is 0 Å². The molecule has 1 N–H and O–H groups in total. The summed E-state index contributed by atoms with van der Waals surface area (Å²) in [5, 5.41) is 1.28. The largest absolute Gasteiger partial charge is 0.358 e. The van der Waals surface area contributed by atoms with Gasteiger partial charge < -0.3 is 9.88 Å². The van der Waals surface area contributed by atoms with Gasteiger partial charge in [0, 0.05) is 36.1 Å². The molecule has 3 nitrogen and oxygen atoms in total. The van der Waals surface area contributed by atoms with E-state index in [9.17, 15) is 4.79 Å². The van der Waals surface area contributed by atoms with Crippen LogP contribution >= 0.6 is 0 Å². The first-order valence-corrected chi connectivity index (χ1v) is 9.18. The number of likely N-dealkylation sites (tertiary alicyclic amines) is 1. The Balaban J connectivity index is 1.48. The fraction of sp³-hybridized carbons (Fsp3) is 0.550. The van der Waals surface area contributed by atoms with E-state index in [1.807, 2.05) is 0 Å². The Morgan fingerprint density at radius 2 is 1.87 bits per heavy atom. The number of benzene rings is 1. The minimum absolute atomic E-state index is 0.296. The van der Waals surface area contributed by atoms with Gasteiger partial charge >= 0.3 is 0 Å². The first kappa shape index (κ1) is 14.8. The van der Waals surface area contributed by atoms with Crippen molar-refractivity contribution in [1.29, 1.82) is 0 Å². The predicted molar refractivity (Wildman–Crippen MR) is 93.4 cm³/mol. The normalized spacial score (nSPS) is 23.3. The van der Waals surface area contributed by atoms with Crippen molar-refractivity contribution in [3.05, 3.63) is 36.0 Å². The van der Waals surface area contributed by atoms with Gasteiger partial charge in [-0.25, -0.2) is 0 Å². The zero-order valence-electron chi connectivity index (χ0n) is 13.8. The highest BCUT2D eigenvalue weighted by atomic mass is 16.2. The summed E-state index contributed by atoms with van der Waals surface area (Å²) in [6.45, 7) is 1.84. The Kier molecular flexibility index (Phi) is 4.11. The maximum absolute atomic E-state index is 12.8. The predicted octanol–water partition coefficient (Wildman–Crippen LogP) is 4.45. The third kappa shape index (κ3) is 3.01. The minimum Gasteiger partial charge on any atom is -0.358 e. The summed E-state index contributed by atoms with van der Waals surface area (Å²) in [4.78, 5) is 18.5. The van der Waals surface area contributed by atoms with E-state index in [4.69, 9.17) is 0 Å². The molecule has 1 saturated heterocycles. The Morgan fingerprint density at radius 3 is 2.70 bits per heavy atom. The van der Waals surface area contributed by atoms with Gasteiger partial charge in [0.1, 0.15) is 0 Å². The van der Waals surface area contributed by atoms with Crippen LogP contribution in [0.5, 0.6) is 0 Å².